The normalized spacial score (nSPS) is 22.8. The summed E-state index contributed by atoms with van der Waals surface area (Å²) in [5, 5.41) is 4.80. The number of anilines is 2. The van der Waals surface area contributed by atoms with Gasteiger partial charge < -0.3 is 11.1 Å². The molecule has 3 rings (SSSR count). The second kappa shape index (κ2) is 3.62. The Morgan fingerprint density at radius 1 is 1.50 bits per heavy atom. The molecule has 0 bridgehead atoms. The Balaban J connectivity index is 1.69. The summed E-state index contributed by atoms with van der Waals surface area (Å²) in [5.74, 6) is 1.45. The van der Waals surface area contributed by atoms with Gasteiger partial charge in [0, 0.05) is 12.1 Å². The fourth-order valence-corrected chi connectivity index (χ4v) is 3.25. The van der Waals surface area contributed by atoms with E-state index in [-0.39, 0.29) is 0 Å². The second-order valence-corrected chi connectivity index (χ2v) is 6.38. The molecule has 0 unspecified atom stereocenters. The largest absolute Gasteiger partial charge is 0.383 e. The fraction of sp³-hybridized carbons (Fsp3) is 0.750. The Labute approximate surface area is 101 Å². The maximum atomic E-state index is 5.93. The highest BCUT2D eigenvalue weighted by Crippen LogP contribution is 2.48. The highest BCUT2D eigenvalue weighted by Gasteiger charge is 2.34. The van der Waals surface area contributed by atoms with Crippen molar-refractivity contribution in [1.29, 1.82) is 0 Å². The van der Waals surface area contributed by atoms with Crippen LogP contribution in [0.1, 0.15) is 50.5 Å². The number of nitrogens with two attached hydrogens (primary N) is 1. The maximum Gasteiger partial charge on any atom is 0.142 e. The van der Waals surface area contributed by atoms with Crippen LogP contribution in [0.15, 0.2) is 0 Å². The van der Waals surface area contributed by atoms with Crippen molar-refractivity contribution in [2.75, 3.05) is 17.6 Å². The van der Waals surface area contributed by atoms with Crippen LogP contribution in [0.25, 0.3) is 0 Å². The van der Waals surface area contributed by atoms with Gasteiger partial charge in [-0.25, -0.2) is 0 Å². The van der Waals surface area contributed by atoms with Crippen LogP contribution in [0.5, 0.6) is 0 Å². The summed E-state index contributed by atoms with van der Waals surface area (Å²) in [6.07, 6.45) is 6.67. The monoisotopic (exact) mass is 237 g/mol. The van der Waals surface area contributed by atoms with Crippen LogP contribution >= 0.6 is 11.5 Å². The van der Waals surface area contributed by atoms with Gasteiger partial charge in [0.1, 0.15) is 10.8 Å². The molecule has 3 N–H and O–H groups in total. The molecule has 0 aromatic carbocycles. The highest BCUT2D eigenvalue weighted by atomic mass is 32.1. The Morgan fingerprint density at radius 3 is 2.81 bits per heavy atom. The third kappa shape index (κ3) is 1.79. The minimum Gasteiger partial charge on any atom is -0.383 e. The van der Waals surface area contributed by atoms with Gasteiger partial charge in [-0.3, -0.25) is 0 Å². The maximum absolute atomic E-state index is 5.93. The van der Waals surface area contributed by atoms with E-state index in [0.29, 0.717) is 11.3 Å². The van der Waals surface area contributed by atoms with Crippen molar-refractivity contribution in [1.82, 2.24) is 4.37 Å². The average Bonchev–Trinajstić information content (AvgIpc) is 2.98. The molecule has 1 aromatic heterocycles. The van der Waals surface area contributed by atoms with E-state index >= 15 is 0 Å². The van der Waals surface area contributed by atoms with E-state index in [0.717, 1.165) is 12.4 Å². The molecule has 2 aliphatic rings. The molecule has 3 nitrogen and oxygen atoms in total. The van der Waals surface area contributed by atoms with Gasteiger partial charge in [0.2, 0.25) is 0 Å². The van der Waals surface area contributed by atoms with Crippen LogP contribution in [0.4, 0.5) is 10.8 Å². The van der Waals surface area contributed by atoms with Crippen LogP contribution in [0, 0.1) is 5.41 Å². The summed E-state index contributed by atoms with van der Waals surface area (Å²) in [7, 11) is 0. The number of hydrogen-bond acceptors (Lipinski definition) is 4. The van der Waals surface area contributed by atoms with Crippen molar-refractivity contribution in [3.8, 4) is 0 Å². The van der Waals surface area contributed by atoms with E-state index in [4.69, 9.17) is 5.73 Å². The standard InChI is InChI=1S/C12H19N3S/c1-12(5-2-6-12)7-14-11-9(8-3-4-8)10(13)15-16-11/h8,14H,2-7H2,1H3,(H2,13,15). The van der Waals surface area contributed by atoms with E-state index in [1.54, 1.807) is 0 Å². The summed E-state index contributed by atoms with van der Waals surface area (Å²) in [6, 6.07) is 0. The van der Waals surface area contributed by atoms with E-state index in [2.05, 4.69) is 16.6 Å². The summed E-state index contributed by atoms with van der Waals surface area (Å²) in [5.41, 5.74) is 7.74. The van der Waals surface area contributed by atoms with Crippen LogP contribution in [-0.4, -0.2) is 10.9 Å². The lowest BCUT2D eigenvalue weighted by Gasteiger charge is -2.38. The molecule has 0 atom stereocenters. The van der Waals surface area contributed by atoms with E-state index in [1.807, 2.05) is 0 Å². The van der Waals surface area contributed by atoms with Crippen molar-refractivity contribution < 1.29 is 0 Å². The molecule has 88 valence electrons. The van der Waals surface area contributed by atoms with Crippen LogP contribution in [-0.2, 0) is 0 Å². The van der Waals surface area contributed by atoms with Gasteiger partial charge in [0.25, 0.3) is 0 Å². The summed E-state index contributed by atoms with van der Waals surface area (Å²) in [4.78, 5) is 0. The molecule has 0 amide bonds. The Bertz CT molecular complexity index is 391. The predicted molar refractivity (Wildman–Crippen MR) is 68.9 cm³/mol. The molecule has 0 radical (unpaired) electrons. The van der Waals surface area contributed by atoms with Gasteiger partial charge in [-0.2, -0.15) is 4.37 Å². The van der Waals surface area contributed by atoms with Crippen molar-refractivity contribution >= 4 is 22.4 Å². The zero-order chi connectivity index (χ0) is 11.2. The molecule has 0 saturated heterocycles. The zero-order valence-corrected chi connectivity index (χ0v) is 10.6. The number of aromatic nitrogens is 1. The lowest BCUT2D eigenvalue weighted by molar-refractivity contribution is 0.180. The first-order chi connectivity index (χ1) is 7.68. The van der Waals surface area contributed by atoms with Gasteiger partial charge >= 0.3 is 0 Å². The Kier molecular flexibility index (Phi) is 2.35. The zero-order valence-electron chi connectivity index (χ0n) is 9.75. The Morgan fingerprint density at radius 2 is 2.25 bits per heavy atom. The molecule has 0 aliphatic heterocycles. The smallest absolute Gasteiger partial charge is 0.142 e. The molecule has 16 heavy (non-hydrogen) atoms. The van der Waals surface area contributed by atoms with Gasteiger partial charge in [-0.15, -0.1) is 0 Å². The quantitative estimate of drug-likeness (QED) is 0.845. The average molecular weight is 237 g/mol. The lowest BCUT2D eigenvalue weighted by Crippen LogP contribution is -2.33. The fourth-order valence-electron chi connectivity index (χ4n) is 2.45. The van der Waals surface area contributed by atoms with E-state index < -0.39 is 0 Å². The molecule has 0 spiro atoms. The van der Waals surface area contributed by atoms with Crippen molar-refractivity contribution in [3.63, 3.8) is 0 Å². The van der Waals surface area contributed by atoms with Crippen LogP contribution in [0.2, 0.25) is 0 Å². The molecule has 2 saturated carbocycles. The summed E-state index contributed by atoms with van der Waals surface area (Å²) < 4.78 is 4.28. The minimum atomic E-state index is 0.513. The van der Waals surface area contributed by atoms with Crippen molar-refractivity contribution in [2.45, 2.75) is 44.9 Å². The number of nitrogen functional groups attached to an aromatic ring is 1. The molecular weight excluding hydrogens is 218 g/mol. The number of rotatable bonds is 4. The molecule has 2 aliphatic carbocycles. The lowest BCUT2D eigenvalue weighted by atomic mass is 9.70. The number of hydrogen-bond donors (Lipinski definition) is 2. The van der Waals surface area contributed by atoms with Gasteiger partial charge in [-0.05, 0) is 48.5 Å². The van der Waals surface area contributed by atoms with Crippen LogP contribution < -0.4 is 11.1 Å². The van der Waals surface area contributed by atoms with Crippen molar-refractivity contribution in [3.05, 3.63) is 5.56 Å². The molecule has 1 heterocycles. The SMILES string of the molecule is CC1(CNc2snc(N)c2C2CC2)CCC1. The Hall–Kier alpha value is -0.770. The highest BCUT2D eigenvalue weighted by molar-refractivity contribution is 7.10. The number of nitrogens with one attached hydrogen (secondary N) is 1. The third-order valence-corrected chi connectivity index (χ3v) is 4.81. The molecule has 4 heteroatoms. The molecule has 2 fully saturated rings. The number of nitrogens with zero attached hydrogens (tertiary/aromatic N) is 1. The van der Waals surface area contributed by atoms with Crippen LogP contribution in [0.3, 0.4) is 0 Å². The van der Waals surface area contributed by atoms with Gasteiger partial charge in [0.15, 0.2) is 0 Å². The molecular formula is C12H19N3S. The second-order valence-electron chi connectivity index (χ2n) is 5.60. The predicted octanol–water partition coefficient (Wildman–Crippen LogP) is 3.20. The summed E-state index contributed by atoms with van der Waals surface area (Å²) >= 11 is 1.53. The topological polar surface area (TPSA) is 50.9 Å². The first-order valence-electron chi connectivity index (χ1n) is 6.17. The minimum absolute atomic E-state index is 0.513. The summed E-state index contributed by atoms with van der Waals surface area (Å²) in [6.45, 7) is 3.44. The first-order valence-corrected chi connectivity index (χ1v) is 6.94. The van der Waals surface area contributed by atoms with Gasteiger partial charge in [-0.1, -0.05) is 13.3 Å². The van der Waals surface area contributed by atoms with Crippen molar-refractivity contribution in [2.24, 2.45) is 5.41 Å². The molecule has 1 aromatic rings. The van der Waals surface area contributed by atoms with E-state index in [9.17, 15) is 0 Å². The van der Waals surface area contributed by atoms with E-state index in [1.165, 1.54) is 54.2 Å². The third-order valence-electron chi connectivity index (χ3n) is 3.98. The van der Waals surface area contributed by atoms with Gasteiger partial charge in [0.05, 0.1) is 0 Å². The first kappa shape index (κ1) is 10.4.